The van der Waals surface area contributed by atoms with E-state index in [2.05, 4.69) is 15.0 Å². The largest absolute Gasteiger partial charge is 0.464 e. The SMILES string of the molecule is COCCc1c(C(=O)OC)nnn1C1CS(=O)(=O)CC1O. The van der Waals surface area contributed by atoms with Crippen LogP contribution in [-0.4, -0.2) is 72.9 Å². The summed E-state index contributed by atoms with van der Waals surface area (Å²) in [7, 11) is -0.613. The van der Waals surface area contributed by atoms with Crippen LogP contribution < -0.4 is 0 Å². The van der Waals surface area contributed by atoms with Gasteiger partial charge in [0, 0.05) is 13.5 Å². The van der Waals surface area contributed by atoms with Crippen molar-refractivity contribution in [1.29, 1.82) is 0 Å². The fraction of sp³-hybridized carbons (Fsp3) is 0.727. The molecule has 0 saturated carbocycles. The molecule has 1 saturated heterocycles. The van der Waals surface area contributed by atoms with Crippen LogP contribution >= 0.6 is 0 Å². The number of rotatable bonds is 5. The fourth-order valence-corrected chi connectivity index (χ4v) is 4.07. The second-order valence-electron chi connectivity index (χ2n) is 4.78. The first-order valence-corrected chi connectivity index (χ1v) is 8.11. The molecule has 1 aliphatic heterocycles. The van der Waals surface area contributed by atoms with E-state index in [1.54, 1.807) is 0 Å². The molecule has 1 fully saturated rings. The molecule has 1 aromatic rings. The zero-order valence-electron chi connectivity index (χ0n) is 11.7. The van der Waals surface area contributed by atoms with Crippen molar-refractivity contribution in [3.63, 3.8) is 0 Å². The number of esters is 1. The molecule has 0 bridgehead atoms. The third-order valence-electron chi connectivity index (χ3n) is 3.32. The van der Waals surface area contributed by atoms with E-state index in [4.69, 9.17) is 4.74 Å². The second kappa shape index (κ2) is 6.08. The highest BCUT2D eigenvalue weighted by Crippen LogP contribution is 2.26. The fourth-order valence-electron chi connectivity index (χ4n) is 2.31. The number of aromatic nitrogens is 3. The topological polar surface area (TPSA) is 121 Å². The van der Waals surface area contributed by atoms with Gasteiger partial charge in [0.1, 0.15) is 0 Å². The van der Waals surface area contributed by atoms with Crippen LogP contribution in [0.5, 0.6) is 0 Å². The maximum absolute atomic E-state index is 11.7. The molecule has 0 spiro atoms. The molecule has 10 heteroatoms. The number of hydrogen-bond acceptors (Lipinski definition) is 8. The highest BCUT2D eigenvalue weighted by molar-refractivity contribution is 7.91. The maximum atomic E-state index is 11.7. The van der Waals surface area contributed by atoms with Gasteiger partial charge in [-0.25, -0.2) is 17.9 Å². The van der Waals surface area contributed by atoms with Crippen LogP contribution in [0.3, 0.4) is 0 Å². The van der Waals surface area contributed by atoms with Crippen molar-refractivity contribution in [3.05, 3.63) is 11.4 Å². The van der Waals surface area contributed by atoms with Crippen molar-refractivity contribution >= 4 is 15.8 Å². The average molecular weight is 319 g/mol. The molecule has 2 unspecified atom stereocenters. The Morgan fingerprint density at radius 3 is 2.67 bits per heavy atom. The van der Waals surface area contributed by atoms with Crippen molar-refractivity contribution < 1.29 is 27.8 Å². The molecular weight excluding hydrogens is 302 g/mol. The Kier molecular flexibility index (Phi) is 4.59. The number of carbonyl (C=O) groups is 1. The monoisotopic (exact) mass is 319 g/mol. The van der Waals surface area contributed by atoms with E-state index in [0.29, 0.717) is 18.7 Å². The minimum absolute atomic E-state index is 0.00560. The summed E-state index contributed by atoms with van der Waals surface area (Å²) < 4.78 is 34.1. The number of carbonyl (C=O) groups excluding carboxylic acids is 1. The Morgan fingerprint density at radius 1 is 1.43 bits per heavy atom. The van der Waals surface area contributed by atoms with E-state index in [0.717, 1.165) is 0 Å². The number of sulfone groups is 1. The number of ether oxygens (including phenoxy) is 2. The Balaban J connectivity index is 2.39. The molecule has 0 radical (unpaired) electrons. The molecule has 0 aliphatic carbocycles. The predicted molar refractivity (Wildman–Crippen MR) is 70.6 cm³/mol. The van der Waals surface area contributed by atoms with Gasteiger partial charge in [0.15, 0.2) is 15.5 Å². The van der Waals surface area contributed by atoms with Gasteiger partial charge in [-0.05, 0) is 0 Å². The quantitative estimate of drug-likeness (QED) is 0.657. The first-order valence-electron chi connectivity index (χ1n) is 6.29. The van der Waals surface area contributed by atoms with Crippen LogP contribution in [0.4, 0.5) is 0 Å². The molecule has 9 nitrogen and oxygen atoms in total. The van der Waals surface area contributed by atoms with Crippen molar-refractivity contribution in [2.24, 2.45) is 0 Å². The maximum Gasteiger partial charge on any atom is 0.360 e. The summed E-state index contributed by atoms with van der Waals surface area (Å²) in [5, 5.41) is 17.5. The summed E-state index contributed by atoms with van der Waals surface area (Å²) in [5.41, 5.74) is 0.399. The molecule has 2 rings (SSSR count). The van der Waals surface area contributed by atoms with Crippen LogP contribution in [0, 0.1) is 0 Å². The first-order chi connectivity index (χ1) is 9.89. The summed E-state index contributed by atoms with van der Waals surface area (Å²) in [6.45, 7) is 0.299. The summed E-state index contributed by atoms with van der Waals surface area (Å²) in [4.78, 5) is 11.7. The predicted octanol–water partition coefficient (Wildman–Crippen LogP) is -1.42. The lowest BCUT2D eigenvalue weighted by atomic mass is 10.2. The van der Waals surface area contributed by atoms with Gasteiger partial charge in [0.05, 0.1) is 43.1 Å². The van der Waals surface area contributed by atoms with Crippen LogP contribution in [0.2, 0.25) is 0 Å². The molecule has 0 aromatic carbocycles. The van der Waals surface area contributed by atoms with Gasteiger partial charge in [0.2, 0.25) is 0 Å². The highest BCUT2D eigenvalue weighted by atomic mass is 32.2. The second-order valence-corrected chi connectivity index (χ2v) is 6.93. The summed E-state index contributed by atoms with van der Waals surface area (Å²) in [5.74, 6) is -1.23. The molecular formula is C11H17N3O6S. The smallest absolute Gasteiger partial charge is 0.360 e. The molecule has 118 valence electrons. The zero-order chi connectivity index (χ0) is 15.6. The van der Waals surface area contributed by atoms with E-state index in [1.807, 2.05) is 0 Å². The van der Waals surface area contributed by atoms with Gasteiger partial charge >= 0.3 is 5.97 Å². The van der Waals surface area contributed by atoms with E-state index in [1.165, 1.54) is 18.9 Å². The van der Waals surface area contributed by atoms with E-state index >= 15 is 0 Å². The van der Waals surface area contributed by atoms with Gasteiger partial charge in [-0.3, -0.25) is 0 Å². The molecule has 1 N–H and O–H groups in total. The standard InChI is InChI=1S/C11H17N3O6S/c1-19-4-3-7-10(11(16)20-2)12-13-14(7)8-5-21(17,18)6-9(8)15/h8-9,15H,3-6H2,1-2H3. The normalized spacial score (nSPS) is 24.1. The number of hydrogen-bond donors (Lipinski definition) is 1. The molecule has 0 amide bonds. The zero-order valence-corrected chi connectivity index (χ0v) is 12.5. The van der Waals surface area contributed by atoms with Crippen molar-refractivity contribution in [2.75, 3.05) is 32.3 Å². The van der Waals surface area contributed by atoms with Crippen LogP contribution in [0.15, 0.2) is 0 Å². The molecule has 1 aliphatic rings. The highest BCUT2D eigenvalue weighted by Gasteiger charge is 2.40. The van der Waals surface area contributed by atoms with Crippen LogP contribution in [-0.2, 0) is 25.7 Å². The number of aliphatic hydroxyl groups excluding tert-OH is 1. The van der Waals surface area contributed by atoms with Gasteiger partial charge < -0.3 is 14.6 Å². The minimum Gasteiger partial charge on any atom is -0.464 e. The molecule has 2 atom stereocenters. The number of methoxy groups -OCH3 is 2. The minimum atomic E-state index is -3.33. The first kappa shape index (κ1) is 15.9. The van der Waals surface area contributed by atoms with Crippen LogP contribution in [0.1, 0.15) is 22.2 Å². The third-order valence-corrected chi connectivity index (χ3v) is 5.02. The van der Waals surface area contributed by atoms with Gasteiger partial charge in [-0.2, -0.15) is 0 Å². The number of nitrogens with zero attached hydrogens (tertiary/aromatic N) is 3. The Hall–Kier alpha value is -1.52. The summed E-state index contributed by atoms with van der Waals surface area (Å²) in [6, 6.07) is -0.757. The average Bonchev–Trinajstić information content (AvgIpc) is 2.95. The van der Waals surface area contributed by atoms with Crippen LogP contribution in [0.25, 0.3) is 0 Å². The van der Waals surface area contributed by atoms with E-state index < -0.39 is 28.0 Å². The van der Waals surface area contributed by atoms with Gasteiger partial charge in [-0.1, -0.05) is 5.21 Å². The van der Waals surface area contributed by atoms with Gasteiger partial charge in [0.25, 0.3) is 0 Å². The Labute approximate surface area is 121 Å². The van der Waals surface area contributed by atoms with Crippen molar-refractivity contribution in [2.45, 2.75) is 18.6 Å². The van der Waals surface area contributed by atoms with Crippen molar-refractivity contribution in [1.82, 2.24) is 15.0 Å². The molecule has 1 aromatic heterocycles. The number of aliphatic hydroxyl groups is 1. The van der Waals surface area contributed by atoms with E-state index in [-0.39, 0.29) is 17.2 Å². The molecule has 21 heavy (non-hydrogen) atoms. The summed E-state index contributed by atoms with van der Waals surface area (Å²) >= 11 is 0. The van der Waals surface area contributed by atoms with Gasteiger partial charge in [-0.15, -0.1) is 5.10 Å². The van der Waals surface area contributed by atoms with Crippen molar-refractivity contribution in [3.8, 4) is 0 Å². The van der Waals surface area contributed by atoms with E-state index in [9.17, 15) is 18.3 Å². The lowest BCUT2D eigenvalue weighted by Gasteiger charge is -2.15. The molecule has 2 heterocycles. The lowest BCUT2D eigenvalue weighted by Crippen LogP contribution is -2.25. The third kappa shape index (κ3) is 3.22. The Morgan fingerprint density at radius 2 is 2.14 bits per heavy atom. The summed E-state index contributed by atoms with van der Waals surface area (Å²) in [6.07, 6.45) is -0.777. The lowest BCUT2D eigenvalue weighted by molar-refractivity contribution is 0.0591. The Bertz CT molecular complexity index is 626.